The monoisotopic (exact) mass is 439 g/mol. The molecule has 0 N–H and O–H groups in total. The molecule has 1 unspecified atom stereocenters. The number of hydrogen-bond acceptors (Lipinski definition) is 8. The van der Waals surface area contributed by atoms with Crippen LogP contribution in [0.15, 0.2) is 4.90 Å². The van der Waals surface area contributed by atoms with Crippen LogP contribution in [-0.4, -0.2) is 102 Å². The maximum Gasteiger partial charge on any atom is 0.224 e. The Morgan fingerprint density at radius 2 is 1.90 bits per heavy atom. The molecular formula is C20H30ClN5O2S. The molecule has 160 valence electrons. The lowest BCUT2D eigenvalue weighted by atomic mass is 9.96. The molecule has 1 atom stereocenters. The average molecular weight is 440 g/mol. The number of rotatable bonds is 4. The number of fused-ring (bicyclic) bond motifs is 1. The summed E-state index contributed by atoms with van der Waals surface area (Å²) < 4.78 is 10.9. The van der Waals surface area contributed by atoms with Crippen LogP contribution in [0.2, 0.25) is 5.28 Å². The highest BCUT2D eigenvalue weighted by Gasteiger charge is 2.40. The topological polar surface area (TPSA) is 54.0 Å². The van der Waals surface area contributed by atoms with Gasteiger partial charge in [0, 0.05) is 56.5 Å². The van der Waals surface area contributed by atoms with E-state index in [2.05, 4.69) is 38.5 Å². The van der Waals surface area contributed by atoms with Gasteiger partial charge in [0.1, 0.15) is 5.82 Å². The first-order valence-electron chi connectivity index (χ1n) is 10.6. The van der Waals surface area contributed by atoms with E-state index in [4.69, 9.17) is 21.1 Å². The highest BCUT2D eigenvalue weighted by molar-refractivity contribution is 8.00. The molecule has 0 aliphatic carbocycles. The van der Waals surface area contributed by atoms with Gasteiger partial charge in [-0.3, -0.25) is 9.80 Å². The largest absolute Gasteiger partial charge is 0.378 e. The van der Waals surface area contributed by atoms with Crippen LogP contribution < -0.4 is 4.90 Å². The average Bonchev–Trinajstić information content (AvgIpc) is 3.04. The Morgan fingerprint density at radius 3 is 2.59 bits per heavy atom. The maximum atomic E-state index is 6.28. The summed E-state index contributed by atoms with van der Waals surface area (Å²) in [6.45, 7) is 14.2. The standard InChI is InChI=1S/C20H30ClN5O2S/c1-20(2)13-25(14-11-28-12-14)3-4-26(20)10-15-9-16-17(29-15)18(23-19(21)22-16)24-5-7-27-8-6-24/h14-15H,3-13H2,1-2H3. The summed E-state index contributed by atoms with van der Waals surface area (Å²) in [6, 6.07) is 0.620. The fourth-order valence-electron chi connectivity index (χ4n) is 4.79. The molecule has 1 aromatic heterocycles. The number of hydrogen-bond donors (Lipinski definition) is 0. The number of ether oxygens (including phenoxy) is 2. The van der Waals surface area contributed by atoms with Gasteiger partial charge in [0.2, 0.25) is 5.28 Å². The van der Waals surface area contributed by atoms with Crippen LogP contribution in [0.5, 0.6) is 0 Å². The lowest BCUT2D eigenvalue weighted by Gasteiger charge is -2.51. The van der Waals surface area contributed by atoms with Crippen molar-refractivity contribution in [3.05, 3.63) is 11.0 Å². The minimum atomic E-state index is 0.166. The molecule has 29 heavy (non-hydrogen) atoms. The van der Waals surface area contributed by atoms with Crippen LogP contribution in [0.3, 0.4) is 0 Å². The van der Waals surface area contributed by atoms with E-state index in [-0.39, 0.29) is 5.54 Å². The van der Waals surface area contributed by atoms with E-state index < -0.39 is 0 Å². The molecule has 0 aromatic carbocycles. The van der Waals surface area contributed by atoms with Gasteiger partial charge in [-0.25, -0.2) is 4.98 Å². The molecule has 9 heteroatoms. The molecule has 7 nitrogen and oxygen atoms in total. The lowest BCUT2D eigenvalue weighted by Crippen LogP contribution is -2.64. The fourth-order valence-corrected chi connectivity index (χ4v) is 6.34. The van der Waals surface area contributed by atoms with Crippen molar-refractivity contribution in [1.82, 2.24) is 19.8 Å². The lowest BCUT2D eigenvalue weighted by molar-refractivity contribution is -0.0987. The summed E-state index contributed by atoms with van der Waals surface area (Å²) >= 11 is 8.22. The number of halogens is 1. The zero-order chi connectivity index (χ0) is 20.0. The molecule has 0 amide bonds. The van der Waals surface area contributed by atoms with Crippen LogP contribution >= 0.6 is 23.4 Å². The molecule has 0 bridgehead atoms. The van der Waals surface area contributed by atoms with Crippen molar-refractivity contribution in [3.63, 3.8) is 0 Å². The Morgan fingerprint density at radius 1 is 1.10 bits per heavy atom. The summed E-state index contributed by atoms with van der Waals surface area (Å²) in [5.41, 5.74) is 1.28. The number of piperazine rings is 1. The van der Waals surface area contributed by atoms with Gasteiger partial charge >= 0.3 is 0 Å². The zero-order valence-electron chi connectivity index (χ0n) is 17.3. The van der Waals surface area contributed by atoms with Crippen LogP contribution in [-0.2, 0) is 15.9 Å². The maximum absolute atomic E-state index is 6.28. The molecule has 3 fully saturated rings. The number of nitrogens with zero attached hydrogens (tertiary/aromatic N) is 5. The molecule has 5 rings (SSSR count). The van der Waals surface area contributed by atoms with Crippen LogP contribution in [0.25, 0.3) is 0 Å². The van der Waals surface area contributed by atoms with Gasteiger partial charge in [0.05, 0.1) is 43.1 Å². The Labute approximate surface area is 182 Å². The predicted molar refractivity (Wildman–Crippen MR) is 115 cm³/mol. The SMILES string of the molecule is CC1(C)CN(C2COC2)CCN1CC1Cc2nc(Cl)nc(N3CCOCC3)c2S1. The summed E-state index contributed by atoms with van der Waals surface area (Å²) in [5, 5.41) is 0.860. The second-order valence-electron chi connectivity index (χ2n) is 9.06. The predicted octanol–water partition coefficient (Wildman–Crippen LogP) is 1.78. The molecule has 3 saturated heterocycles. The van der Waals surface area contributed by atoms with Gasteiger partial charge in [-0.2, -0.15) is 4.98 Å². The summed E-state index contributed by atoms with van der Waals surface area (Å²) in [6.07, 6.45) is 0.965. The molecule has 4 aliphatic heterocycles. The third-order valence-electron chi connectivity index (χ3n) is 6.57. The molecule has 0 spiro atoms. The van der Waals surface area contributed by atoms with E-state index in [0.29, 0.717) is 16.6 Å². The third kappa shape index (κ3) is 4.12. The second kappa shape index (κ2) is 8.13. The van der Waals surface area contributed by atoms with Crippen molar-refractivity contribution < 1.29 is 9.47 Å². The minimum Gasteiger partial charge on any atom is -0.378 e. The molecule has 4 aliphatic rings. The van der Waals surface area contributed by atoms with Gasteiger partial charge in [-0.15, -0.1) is 11.8 Å². The number of morpholine rings is 1. The highest BCUT2D eigenvalue weighted by Crippen LogP contribution is 2.43. The second-order valence-corrected chi connectivity index (χ2v) is 10.7. The first-order chi connectivity index (χ1) is 14.0. The molecule has 0 saturated carbocycles. The van der Waals surface area contributed by atoms with E-state index in [1.165, 1.54) is 4.90 Å². The fraction of sp³-hybridized carbons (Fsp3) is 0.800. The molecule has 1 aromatic rings. The van der Waals surface area contributed by atoms with Crippen molar-refractivity contribution in [2.75, 3.05) is 70.6 Å². The summed E-state index contributed by atoms with van der Waals surface area (Å²) in [7, 11) is 0. The molecule has 0 radical (unpaired) electrons. The van der Waals surface area contributed by atoms with Crippen molar-refractivity contribution in [1.29, 1.82) is 0 Å². The van der Waals surface area contributed by atoms with Crippen molar-refractivity contribution in [2.45, 2.75) is 42.0 Å². The summed E-state index contributed by atoms with van der Waals surface area (Å²) in [5.74, 6) is 1.00. The molecular weight excluding hydrogens is 410 g/mol. The van der Waals surface area contributed by atoms with Gasteiger partial charge in [-0.05, 0) is 25.4 Å². The Bertz CT molecular complexity index is 757. The first kappa shape index (κ1) is 20.3. The number of anilines is 1. The van der Waals surface area contributed by atoms with Crippen LogP contribution in [0.1, 0.15) is 19.5 Å². The Hall–Kier alpha value is -0.640. The van der Waals surface area contributed by atoms with Gasteiger partial charge in [0.15, 0.2) is 0 Å². The van der Waals surface area contributed by atoms with Gasteiger partial charge < -0.3 is 14.4 Å². The minimum absolute atomic E-state index is 0.166. The van der Waals surface area contributed by atoms with E-state index in [1.54, 1.807) is 0 Å². The van der Waals surface area contributed by atoms with Gasteiger partial charge in [0.25, 0.3) is 0 Å². The van der Waals surface area contributed by atoms with Crippen LogP contribution in [0, 0.1) is 0 Å². The smallest absolute Gasteiger partial charge is 0.224 e. The van der Waals surface area contributed by atoms with E-state index in [0.717, 1.165) is 83.6 Å². The summed E-state index contributed by atoms with van der Waals surface area (Å²) in [4.78, 5) is 18.0. The normalized spacial score (nSPS) is 28.4. The van der Waals surface area contributed by atoms with Crippen molar-refractivity contribution in [2.24, 2.45) is 0 Å². The van der Waals surface area contributed by atoms with Crippen molar-refractivity contribution in [3.8, 4) is 0 Å². The quantitative estimate of drug-likeness (QED) is 0.658. The van der Waals surface area contributed by atoms with Gasteiger partial charge in [-0.1, -0.05) is 0 Å². The third-order valence-corrected chi connectivity index (χ3v) is 8.04. The van der Waals surface area contributed by atoms with Crippen LogP contribution in [0.4, 0.5) is 5.82 Å². The number of thioether (sulfide) groups is 1. The Balaban J connectivity index is 1.27. The Kier molecular flexibility index (Phi) is 5.68. The first-order valence-corrected chi connectivity index (χ1v) is 11.9. The number of aromatic nitrogens is 2. The molecule has 5 heterocycles. The van der Waals surface area contributed by atoms with E-state index >= 15 is 0 Å². The van der Waals surface area contributed by atoms with Crippen molar-refractivity contribution >= 4 is 29.2 Å². The zero-order valence-corrected chi connectivity index (χ0v) is 18.8. The highest BCUT2D eigenvalue weighted by atomic mass is 35.5. The van der Waals surface area contributed by atoms with E-state index in [1.807, 2.05) is 11.8 Å². The van der Waals surface area contributed by atoms with E-state index in [9.17, 15) is 0 Å².